The van der Waals surface area contributed by atoms with Gasteiger partial charge in [-0.05, 0) is 23.9 Å². The SMILES string of the molecule is CC(OC(=O)CNC(=O)Cc1ccccc1)C(=O)Nc1sccc1C(N)=O. The van der Waals surface area contributed by atoms with Gasteiger partial charge in [-0.1, -0.05) is 30.3 Å². The first-order chi connectivity index (χ1) is 12.9. The molecule has 0 fully saturated rings. The minimum atomic E-state index is -1.11. The van der Waals surface area contributed by atoms with Gasteiger partial charge in [-0.2, -0.15) is 0 Å². The van der Waals surface area contributed by atoms with E-state index in [1.54, 1.807) is 17.5 Å². The van der Waals surface area contributed by atoms with E-state index in [2.05, 4.69) is 10.6 Å². The van der Waals surface area contributed by atoms with Crippen LogP contribution in [-0.4, -0.2) is 36.3 Å². The van der Waals surface area contributed by atoms with E-state index >= 15 is 0 Å². The zero-order chi connectivity index (χ0) is 19.8. The van der Waals surface area contributed by atoms with Gasteiger partial charge >= 0.3 is 5.97 Å². The summed E-state index contributed by atoms with van der Waals surface area (Å²) in [6.45, 7) is 1.03. The largest absolute Gasteiger partial charge is 0.451 e. The molecule has 0 bridgehead atoms. The first-order valence-corrected chi connectivity index (χ1v) is 8.93. The average molecular weight is 389 g/mol. The Labute approximate surface area is 159 Å². The van der Waals surface area contributed by atoms with Crippen molar-refractivity contribution < 1.29 is 23.9 Å². The van der Waals surface area contributed by atoms with Crippen LogP contribution in [0.1, 0.15) is 22.8 Å². The number of carbonyl (C=O) groups excluding carboxylic acids is 4. The smallest absolute Gasteiger partial charge is 0.326 e. The lowest BCUT2D eigenvalue weighted by Gasteiger charge is -2.13. The summed E-state index contributed by atoms with van der Waals surface area (Å²) in [6.07, 6.45) is -0.968. The zero-order valence-corrected chi connectivity index (χ0v) is 15.4. The minimum Gasteiger partial charge on any atom is -0.451 e. The number of nitrogens with two attached hydrogens (primary N) is 1. The van der Waals surface area contributed by atoms with Crippen molar-refractivity contribution >= 4 is 40.0 Å². The maximum absolute atomic E-state index is 12.1. The molecule has 1 atom stereocenters. The molecular formula is C18H19N3O5S. The fourth-order valence-electron chi connectivity index (χ4n) is 2.12. The van der Waals surface area contributed by atoms with Crippen LogP contribution in [-0.2, 0) is 25.5 Å². The predicted molar refractivity (Wildman–Crippen MR) is 100 cm³/mol. The summed E-state index contributed by atoms with van der Waals surface area (Å²) in [4.78, 5) is 46.9. The van der Waals surface area contributed by atoms with Crippen molar-refractivity contribution in [2.45, 2.75) is 19.4 Å². The summed E-state index contributed by atoms with van der Waals surface area (Å²) >= 11 is 1.13. The molecule has 2 rings (SSSR count). The quantitative estimate of drug-likeness (QED) is 0.582. The second kappa shape index (κ2) is 9.48. The zero-order valence-electron chi connectivity index (χ0n) is 14.6. The summed E-state index contributed by atoms with van der Waals surface area (Å²) in [5.74, 6) is -2.36. The highest BCUT2D eigenvalue weighted by Crippen LogP contribution is 2.22. The maximum Gasteiger partial charge on any atom is 0.326 e. The molecule has 0 aliphatic rings. The molecule has 0 saturated heterocycles. The third-order valence-electron chi connectivity index (χ3n) is 3.48. The summed E-state index contributed by atoms with van der Waals surface area (Å²) < 4.78 is 4.98. The number of hydrogen-bond acceptors (Lipinski definition) is 6. The highest BCUT2D eigenvalue weighted by Gasteiger charge is 2.20. The number of ether oxygens (including phenoxy) is 1. The highest BCUT2D eigenvalue weighted by atomic mass is 32.1. The lowest BCUT2D eigenvalue weighted by molar-refractivity contribution is -0.152. The van der Waals surface area contributed by atoms with Gasteiger partial charge in [0.05, 0.1) is 12.0 Å². The van der Waals surface area contributed by atoms with Crippen LogP contribution >= 0.6 is 11.3 Å². The number of anilines is 1. The second-order valence-corrected chi connectivity index (χ2v) is 6.50. The molecule has 142 valence electrons. The predicted octanol–water partition coefficient (Wildman–Crippen LogP) is 1.08. The summed E-state index contributed by atoms with van der Waals surface area (Å²) in [5.41, 5.74) is 6.20. The van der Waals surface area contributed by atoms with Crippen molar-refractivity contribution in [2.75, 3.05) is 11.9 Å². The lowest BCUT2D eigenvalue weighted by Crippen LogP contribution is -2.36. The van der Waals surface area contributed by atoms with E-state index in [0.29, 0.717) is 0 Å². The van der Waals surface area contributed by atoms with Gasteiger partial charge in [0.25, 0.3) is 11.8 Å². The van der Waals surface area contributed by atoms with Crippen LogP contribution in [0, 0.1) is 0 Å². The summed E-state index contributed by atoms with van der Waals surface area (Å²) in [5, 5.41) is 6.82. The number of amides is 3. The monoisotopic (exact) mass is 389 g/mol. The fourth-order valence-corrected chi connectivity index (χ4v) is 2.92. The fraction of sp³-hybridized carbons (Fsp3) is 0.222. The van der Waals surface area contributed by atoms with E-state index in [0.717, 1.165) is 16.9 Å². The third kappa shape index (κ3) is 6.23. The van der Waals surface area contributed by atoms with Crippen molar-refractivity contribution in [3.63, 3.8) is 0 Å². The van der Waals surface area contributed by atoms with Crippen LogP contribution < -0.4 is 16.4 Å². The average Bonchev–Trinajstić information content (AvgIpc) is 3.09. The number of primary amides is 1. The van der Waals surface area contributed by atoms with Crippen molar-refractivity contribution in [3.8, 4) is 0 Å². The molecule has 3 amide bonds. The molecular weight excluding hydrogens is 370 g/mol. The molecule has 9 heteroatoms. The Morgan fingerprint density at radius 2 is 1.85 bits per heavy atom. The van der Waals surface area contributed by atoms with Gasteiger partial charge in [0.2, 0.25) is 5.91 Å². The topological polar surface area (TPSA) is 128 Å². The van der Waals surface area contributed by atoms with Crippen molar-refractivity contribution in [3.05, 3.63) is 52.9 Å². The van der Waals surface area contributed by atoms with Gasteiger partial charge in [-0.3, -0.25) is 19.2 Å². The van der Waals surface area contributed by atoms with E-state index in [-0.39, 0.29) is 29.4 Å². The van der Waals surface area contributed by atoms with E-state index in [4.69, 9.17) is 10.5 Å². The molecule has 0 radical (unpaired) electrons. The molecule has 0 spiro atoms. The Hall–Kier alpha value is -3.20. The maximum atomic E-state index is 12.1. The number of carbonyl (C=O) groups is 4. The first kappa shape index (κ1) is 20.1. The number of rotatable bonds is 8. The van der Waals surface area contributed by atoms with Crippen LogP contribution in [0.4, 0.5) is 5.00 Å². The van der Waals surface area contributed by atoms with E-state index < -0.39 is 23.9 Å². The molecule has 0 saturated carbocycles. The van der Waals surface area contributed by atoms with E-state index in [9.17, 15) is 19.2 Å². The minimum absolute atomic E-state index is 0.137. The molecule has 2 aromatic rings. The Kier molecular flexibility index (Phi) is 7.07. The number of nitrogens with one attached hydrogen (secondary N) is 2. The molecule has 8 nitrogen and oxygen atoms in total. The summed E-state index contributed by atoms with van der Waals surface area (Å²) in [6, 6.07) is 10.6. The molecule has 0 aliphatic heterocycles. The van der Waals surface area contributed by atoms with Crippen LogP contribution in [0.25, 0.3) is 0 Å². The molecule has 1 unspecified atom stereocenters. The number of thiophene rings is 1. The highest BCUT2D eigenvalue weighted by molar-refractivity contribution is 7.14. The Balaban J connectivity index is 1.77. The van der Waals surface area contributed by atoms with Crippen molar-refractivity contribution in [1.82, 2.24) is 5.32 Å². The van der Waals surface area contributed by atoms with Gasteiger partial charge in [0, 0.05) is 0 Å². The van der Waals surface area contributed by atoms with E-state index in [1.807, 2.05) is 18.2 Å². The number of esters is 1. The van der Waals surface area contributed by atoms with Crippen LogP contribution in [0.2, 0.25) is 0 Å². The normalized spacial score (nSPS) is 11.3. The van der Waals surface area contributed by atoms with Gasteiger partial charge in [0.15, 0.2) is 6.10 Å². The standard InChI is InChI=1S/C18H19N3O5S/c1-11(17(25)21-18-13(16(19)24)7-8-27-18)26-15(23)10-20-14(22)9-12-5-3-2-4-6-12/h2-8,11H,9-10H2,1H3,(H2,19,24)(H,20,22)(H,21,25). The molecule has 27 heavy (non-hydrogen) atoms. The van der Waals surface area contributed by atoms with Crippen LogP contribution in [0.5, 0.6) is 0 Å². The van der Waals surface area contributed by atoms with Gasteiger partial charge in [0.1, 0.15) is 11.5 Å². The van der Waals surface area contributed by atoms with E-state index in [1.165, 1.54) is 13.0 Å². The lowest BCUT2D eigenvalue weighted by atomic mass is 10.1. The van der Waals surface area contributed by atoms with Crippen molar-refractivity contribution in [1.29, 1.82) is 0 Å². The van der Waals surface area contributed by atoms with Gasteiger partial charge in [-0.15, -0.1) is 11.3 Å². The number of hydrogen-bond donors (Lipinski definition) is 3. The van der Waals surface area contributed by atoms with Crippen LogP contribution in [0.15, 0.2) is 41.8 Å². The Morgan fingerprint density at radius 1 is 1.15 bits per heavy atom. The summed E-state index contributed by atoms with van der Waals surface area (Å²) in [7, 11) is 0. The molecule has 1 aromatic heterocycles. The number of benzene rings is 1. The first-order valence-electron chi connectivity index (χ1n) is 8.05. The second-order valence-electron chi connectivity index (χ2n) is 5.59. The van der Waals surface area contributed by atoms with Crippen molar-refractivity contribution in [2.24, 2.45) is 5.73 Å². The molecule has 4 N–H and O–H groups in total. The Bertz CT molecular complexity index is 835. The van der Waals surface area contributed by atoms with Gasteiger partial charge in [-0.25, -0.2) is 0 Å². The third-order valence-corrected chi connectivity index (χ3v) is 4.31. The van der Waals surface area contributed by atoms with Crippen LogP contribution in [0.3, 0.4) is 0 Å². The molecule has 1 aromatic carbocycles. The molecule has 0 aliphatic carbocycles. The molecule has 1 heterocycles. The Morgan fingerprint density at radius 3 is 2.52 bits per heavy atom. The van der Waals surface area contributed by atoms with Gasteiger partial charge < -0.3 is 21.1 Å².